The molecule has 1 aromatic heterocycles. The van der Waals surface area contributed by atoms with E-state index in [1.54, 1.807) is 6.07 Å². The second-order valence-electron chi connectivity index (χ2n) is 8.44. The first-order chi connectivity index (χ1) is 17.3. The van der Waals surface area contributed by atoms with Gasteiger partial charge in [-0.2, -0.15) is 18.2 Å². The maximum Gasteiger partial charge on any atom is 0.416 e. The molecule has 36 heavy (non-hydrogen) atoms. The minimum Gasteiger partial charge on any atom is -0.435 e. The van der Waals surface area contributed by atoms with E-state index in [1.807, 2.05) is 4.90 Å². The van der Waals surface area contributed by atoms with Crippen LogP contribution in [0.25, 0.3) is 0 Å². The molecule has 3 heterocycles. The lowest BCUT2D eigenvalue weighted by atomic mass is 10.0. The third-order valence-corrected chi connectivity index (χ3v) is 6.07. The number of morpholine rings is 1. The number of benzene rings is 2. The zero-order chi connectivity index (χ0) is 25.3. The first kappa shape index (κ1) is 24.0. The van der Waals surface area contributed by atoms with Crippen molar-refractivity contribution in [1.82, 2.24) is 14.9 Å². The number of carbonyl (C=O) groups is 1. The highest BCUT2D eigenvalue weighted by Crippen LogP contribution is 2.34. The van der Waals surface area contributed by atoms with Gasteiger partial charge in [-0.05, 0) is 30.3 Å². The molecule has 1 fully saturated rings. The van der Waals surface area contributed by atoms with Gasteiger partial charge in [0.25, 0.3) is 5.91 Å². The molecule has 0 spiro atoms. The Morgan fingerprint density at radius 3 is 2.53 bits per heavy atom. The number of nitrogens with zero attached hydrogens (tertiary/aromatic N) is 4. The Balaban J connectivity index is 1.48. The largest absolute Gasteiger partial charge is 0.435 e. The highest BCUT2D eigenvalue weighted by Gasteiger charge is 2.33. The molecule has 11 heteroatoms. The highest BCUT2D eigenvalue weighted by molar-refractivity contribution is 5.94. The normalized spacial score (nSPS) is 16.0. The Bertz CT molecular complexity index is 1280. The zero-order valence-electron chi connectivity index (χ0n) is 19.1. The molecule has 2 aliphatic rings. The molecule has 0 N–H and O–H groups in total. The van der Waals surface area contributed by atoms with E-state index >= 15 is 0 Å². The van der Waals surface area contributed by atoms with Crippen LogP contribution in [0.3, 0.4) is 0 Å². The minimum absolute atomic E-state index is 0.0115. The lowest BCUT2D eigenvalue weighted by Gasteiger charge is -2.32. The molecule has 7 nitrogen and oxygen atoms in total. The van der Waals surface area contributed by atoms with E-state index in [1.165, 1.54) is 35.2 Å². The van der Waals surface area contributed by atoms with E-state index in [9.17, 15) is 22.4 Å². The quantitative estimate of drug-likeness (QED) is 0.491. The number of carbonyl (C=O) groups excluding carboxylic acids is 1. The van der Waals surface area contributed by atoms with Crippen LogP contribution in [-0.4, -0.2) is 53.6 Å². The van der Waals surface area contributed by atoms with Gasteiger partial charge >= 0.3 is 6.18 Å². The number of hydrogen-bond donors (Lipinski definition) is 0. The Labute approximate surface area is 204 Å². The van der Waals surface area contributed by atoms with E-state index in [0.29, 0.717) is 49.9 Å². The van der Waals surface area contributed by atoms with Gasteiger partial charge in [-0.25, -0.2) is 9.37 Å². The fourth-order valence-electron chi connectivity index (χ4n) is 4.18. The van der Waals surface area contributed by atoms with Crippen LogP contribution in [0.4, 0.5) is 23.5 Å². The molecule has 3 aromatic rings. The predicted octanol–water partition coefficient (Wildman–Crippen LogP) is 4.46. The van der Waals surface area contributed by atoms with Crippen molar-refractivity contribution in [1.29, 1.82) is 0 Å². The van der Waals surface area contributed by atoms with E-state index in [2.05, 4.69) is 9.97 Å². The number of amides is 1. The molecule has 2 aromatic carbocycles. The van der Waals surface area contributed by atoms with Crippen LogP contribution in [0.2, 0.25) is 0 Å². The summed E-state index contributed by atoms with van der Waals surface area (Å²) in [6.07, 6.45) is -4.22. The number of halogens is 4. The van der Waals surface area contributed by atoms with Crippen LogP contribution >= 0.6 is 0 Å². The molecule has 5 rings (SSSR count). The van der Waals surface area contributed by atoms with E-state index in [4.69, 9.17) is 9.47 Å². The smallest absolute Gasteiger partial charge is 0.416 e. The summed E-state index contributed by atoms with van der Waals surface area (Å²) in [5.41, 5.74) is 0.163. The molecule has 0 bridgehead atoms. The van der Waals surface area contributed by atoms with Crippen LogP contribution in [0, 0.1) is 5.82 Å². The second kappa shape index (κ2) is 9.73. The second-order valence-corrected chi connectivity index (χ2v) is 8.44. The number of ether oxygens (including phenoxy) is 2. The molecule has 188 valence electrons. The summed E-state index contributed by atoms with van der Waals surface area (Å²) in [7, 11) is 0. The molecule has 2 aliphatic heterocycles. The third-order valence-electron chi connectivity index (χ3n) is 6.07. The molecule has 0 atom stereocenters. The average molecular weight is 502 g/mol. The van der Waals surface area contributed by atoms with Crippen LogP contribution in [-0.2, 0) is 23.9 Å². The van der Waals surface area contributed by atoms with Gasteiger partial charge in [-0.3, -0.25) is 4.79 Å². The van der Waals surface area contributed by atoms with E-state index in [-0.39, 0.29) is 30.3 Å². The summed E-state index contributed by atoms with van der Waals surface area (Å²) in [4.78, 5) is 25.7. The molecular formula is C25H22F4N4O3. The molecule has 0 saturated carbocycles. The number of fused-ring (bicyclic) bond motifs is 1. The fraction of sp³-hybridized carbons (Fsp3) is 0.320. The number of rotatable bonds is 4. The summed E-state index contributed by atoms with van der Waals surface area (Å²) in [5, 5.41) is 0. The third kappa shape index (κ3) is 4.97. The lowest BCUT2D eigenvalue weighted by molar-refractivity contribution is -0.137. The van der Waals surface area contributed by atoms with Crippen LogP contribution < -0.4 is 9.64 Å². The molecular weight excluding hydrogens is 480 g/mol. The number of aromatic nitrogens is 2. The van der Waals surface area contributed by atoms with Gasteiger partial charge in [-0.1, -0.05) is 18.2 Å². The maximum absolute atomic E-state index is 14.4. The lowest BCUT2D eigenvalue weighted by Crippen LogP contribution is -2.39. The van der Waals surface area contributed by atoms with Crippen molar-refractivity contribution in [3.8, 4) is 11.6 Å². The van der Waals surface area contributed by atoms with Crippen molar-refractivity contribution >= 4 is 11.9 Å². The molecule has 0 unspecified atom stereocenters. The standard InChI is InChI=1S/C25H22F4N4O3/c26-19-6-1-2-7-21(19)36-22-18-15-33(23(34)16-4-3-5-17(14-16)25(27,28)29)9-8-20(18)30-24(31-22)32-10-12-35-13-11-32/h1-7,14H,8-13,15H2. The fourth-order valence-corrected chi connectivity index (χ4v) is 4.18. The zero-order valence-corrected chi connectivity index (χ0v) is 19.1. The van der Waals surface area contributed by atoms with Gasteiger partial charge in [0.1, 0.15) is 0 Å². The first-order valence-corrected chi connectivity index (χ1v) is 11.4. The Kier molecular flexibility index (Phi) is 6.48. The van der Waals surface area contributed by atoms with Crippen molar-refractivity contribution in [2.24, 2.45) is 0 Å². The van der Waals surface area contributed by atoms with E-state index in [0.717, 1.165) is 12.1 Å². The summed E-state index contributed by atoms with van der Waals surface area (Å²) in [6, 6.07) is 10.2. The first-order valence-electron chi connectivity index (χ1n) is 11.4. The number of anilines is 1. The van der Waals surface area contributed by atoms with Gasteiger partial charge in [0.15, 0.2) is 11.6 Å². The number of hydrogen-bond acceptors (Lipinski definition) is 6. The Hall–Kier alpha value is -3.73. The molecule has 0 radical (unpaired) electrons. The van der Waals surface area contributed by atoms with Crippen molar-refractivity contribution in [3.63, 3.8) is 0 Å². The van der Waals surface area contributed by atoms with Crippen molar-refractivity contribution in [2.75, 3.05) is 37.7 Å². The van der Waals surface area contributed by atoms with Crippen LogP contribution in [0.1, 0.15) is 27.2 Å². The summed E-state index contributed by atoms with van der Waals surface area (Å²) < 4.78 is 65.1. The highest BCUT2D eigenvalue weighted by atomic mass is 19.4. The number of alkyl halides is 3. The monoisotopic (exact) mass is 502 g/mol. The van der Waals surface area contributed by atoms with Gasteiger partial charge < -0.3 is 19.3 Å². The summed E-state index contributed by atoms with van der Waals surface area (Å²) in [6.45, 7) is 2.46. The van der Waals surface area contributed by atoms with Gasteiger partial charge in [0.05, 0.1) is 36.6 Å². The van der Waals surface area contributed by atoms with Crippen molar-refractivity contribution in [3.05, 3.63) is 76.7 Å². The van der Waals surface area contributed by atoms with Gasteiger partial charge in [0.2, 0.25) is 11.8 Å². The van der Waals surface area contributed by atoms with Crippen LogP contribution in [0.5, 0.6) is 11.6 Å². The van der Waals surface area contributed by atoms with Gasteiger partial charge in [0, 0.05) is 31.6 Å². The Morgan fingerprint density at radius 1 is 1.00 bits per heavy atom. The predicted molar refractivity (Wildman–Crippen MR) is 121 cm³/mol. The summed E-state index contributed by atoms with van der Waals surface area (Å²) in [5.74, 6) is -0.645. The summed E-state index contributed by atoms with van der Waals surface area (Å²) >= 11 is 0. The van der Waals surface area contributed by atoms with Crippen LogP contribution in [0.15, 0.2) is 48.5 Å². The minimum atomic E-state index is -4.56. The van der Waals surface area contributed by atoms with Gasteiger partial charge in [-0.15, -0.1) is 0 Å². The Morgan fingerprint density at radius 2 is 1.78 bits per heavy atom. The SMILES string of the molecule is O=C(c1cccc(C(F)(F)F)c1)N1CCc2nc(N3CCOCC3)nc(Oc3ccccc3F)c2C1. The molecule has 1 amide bonds. The number of para-hydroxylation sites is 1. The van der Waals surface area contributed by atoms with Crippen molar-refractivity contribution in [2.45, 2.75) is 19.1 Å². The topological polar surface area (TPSA) is 67.8 Å². The molecule has 1 saturated heterocycles. The van der Waals surface area contributed by atoms with E-state index < -0.39 is 23.5 Å². The van der Waals surface area contributed by atoms with Crippen molar-refractivity contribution < 1.29 is 31.8 Å². The molecule has 0 aliphatic carbocycles. The average Bonchev–Trinajstić information content (AvgIpc) is 2.89. The maximum atomic E-state index is 14.4.